The van der Waals surface area contributed by atoms with Crippen molar-refractivity contribution in [2.75, 3.05) is 7.11 Å². The van der Waals surface area contributed by atoms with Crippen molar-refractivity contribution in [2.45, 2.75) is 6.54 Å². The summed E-state index contributed by atoms with van der Waals surface area (Å²) in [7, 11) is 1.25. The molecule has 1 rings (SSSR count). The molecule has 0 bridgehead atoms. The van der Waals surface area contributed by atoms with Crippen LogP contribution < -0.4 is 5.56 Å². The number of allylic oxidation sites excluding steroid dienone is 1. The molecule has 0 saturated carbocycles. The van der Waals surface area contributed by atoms with E-state index >= 15 is 0 Å². The van der Waals surface area contributed by atoms with Crippen molar-refractivity contribution in [3.8, 4) is 0 Å². The van der Waals surface area contributed by atoms with Crippen LogP contribution in [0.3, 0.4) is 0 Å². The second-order valence-corrected chi connectivity index (χ2v) is 3.84. The topological polar surface area (TPSA) is 61.2 Å². The molecule has 0 saturated heterocycles. The van der Waals surface area contributed by atoms with Gasteiger partial charge in [0.15, 0.2) is 5.69 Å². The molecular weight excluding hydrogens is 264 g/mol. The van der Waals surface area contributed by atoms with Crippen LogP contribution >= 0.6 is 15.9 Å². The van der Waals surface area contributed by atoms with Crippen LogP contribution in [0, 0.1) is 0 Å². The molecule has 1 heterocycles. The molecule has 0 fully saturated rings. The first-order valence-electron chi connectivity index (χ1n) is 4.04. The molecule has 0 atom stereocenters. The molecular formula is C9H9BrN2O3. The second kappa shape index (κ2) is 4.88. The number of hydrogen-bond donors (Lipinski definition) is 0. The zero-order valence-corrected chi connectivity index (χ0v) is 9.65. The summed E-state index contributed by atoms with van der Waals surface area (Å²) in [6.45, 7) is 3.80. The zero-order chi connectivity index (χ0) is 11.4. The SMILES string of the molecule is C=C(Br)Cn1nc(C(=O)OC)ccc1=O. The fraction of sp³-hybridized carbons (Fsp3) is 0.222. The second-order valence-electron chi connectivity index (χ2n) is 2.72. The van der Waals surface area contributed by atoms with E-state index in [4.69, 9.17) is 0 Å². The van der Waals surface area contributed by atoms with E-state index < -0.39 is 5.97 Å². The first-order valence-corrected chi connectivity index (χ1v) is 4.83. The standard InChI is InChI=1S/C9H9BrN2O3/c1-6(10)5-12-8(13)4-3-7(11-12)9(14)15-2/h3-4H,1,5H2,2H3. The molecule has 0 aliphatic carbocycles. The Kier molecular flexibility index (Phi) is 3.79. The lowest BCUT2D eigenvalue weighted by molar-refractivity contribution is 0.0591. The molecule has 0 unspecified atom stereocenters. The van der Waals surface area contributed by atoms with Crippen molar-refractivity contribution < 1.29 is 9.53 Å². The van der Waals surface area contributed by atoms with E-state index in [1.165, 1.54) is 19.2 Å². The van der Waals surface area contributed by atoms with Crippen LogP contribution in [0.25, 0.3) is 0 Å². The van der Waals surface area contributed by atoms with E-state index in [-0.39, 0.29) is 17.8 Å². The number of hydrogen-bond acceptors (Lipinski definition) is 4. The van der Waals surface area contributed by atoms with Crippen LogP contribution in [0.2, 0.25) is 0 Å². The highest BCUT2D eigenvalue weighted by Gasteiger charge is 2.09. The fourth-order valence-electron chi connectivity index (χ4n) is 0.938. The fourth-order valence-corrected chi connectivity index (χ4v) is 1.18. The molecule has 15 heavy (non-hydrogen) atoms. The zero-order valence-electron chi connectivity index (χ0n) is 8.07. The minimum absolute atomic E-state index is 0.0888. The van der Waals surface area contributed by atoms with Crippen LogP contribution in [0.1, 0.15) is 10.5 Å². The van der Waals surface area contributed by atoms with Gasteiger partial charge in [0.25, 0.3) is 5.56 Å². The van der Waals surface area contributed by atoms with Gasteiger partial charge in [-0.1, -0.05) is 22.5 Å². The summed E-state index contributed by atoms with van der Waals surface area (Å²) in [5.74, 6) is -0.580. The smallest absolute Gasteiger partial charge is 0.358 e. The Labute approximate surface area is 94.5 Å². The highest BCUT2D eigenvalue weighted by molar-refractivity contribution is 9.11. The van der Waals surface area contributed by atoms with Crippen LogP contribution in [0.5, 0.6) is 0 Å². The number of aromatic nitrogens is 2. The predicted octanol–water partition coefficient (Wildman–Crippen LogP) is 0.938. The number of halogens is 1. The number of ether oxygens (including phenoxy) is 1. The van der Waals surface area contributed by atoms with Gasteiger partial charge < -0.3 is 4.74 Å². The van der Waals surface area contributed by atoms with Gasteiger partial charge >= 0.3 is 5.97 Å². The number of nitrogens with zero attached hydrogens (tertiary/aromatic N) is 2. The molecule has 0 aromatic carbocycles. The summed E-state index contributed by atoms with van der Waals surface area (Å²) in [4.78, 5) is 22.4. The van der Waals surface area contributed by atoms with Gasteiger partial charge in [-0.2, -0.15) is 5.10 Å². The van der Waals surface area contributed by atoms with Gasteiger partial charge in [-0.3, -0.25) is 4.79 Å². The molecule has 5 nitrogen and oxygen atoms in total. The minimum atomic E-state index is -0.580. The van der Waals surface area contributed by atoms with Crippen LogP contribution in [-0.2, 0) is 11.3 Å². The number of carbonyl (C=O) groups excluding carboxylic acids is 1. The normalized spacial score (nSPS) is 9.73. The lowest BCUT2D eigenvalue weighted by Gasteiger charge is -2.04. The van der Waals surface area contributed by atoms with E-state index in [1.54, 1.807) is 0 Å². The third-order valence-corrected chi connectivity index (χ3v) is 1.83. The van der Waals surface area contributed by atoms with Gasteiger partial charge in [0.1, 0.15) is 0 Å². The van der Waals surface area contributed by atoms with Gasteiger partial charge in [-0.15, -0.1) is 0 Å². The molecule has 0 aliphatic heterocycles. The molecule has 0 amide bonds. The lowest BCUT2D eigenvalue weighted by Crippen LogP contribution is -2.24. The Hall–Kier alpha value is -1.43. The summed E-state index contributed by atoms with van der Waals surface area (Å²) in [5.41, 5.74) is -0.214. The number of carbonyl (C=O) groups is 1. The van der Waals surface area contributed by atoms with Gasteiger partial charge in [0, 0.05) is 10.5 Å². The maximum atomic E-state index is 11.3. The van der Waals surface area contributed by atoms with Crippen LogP contribution in [0.4, 0.5) is 0 Å². The molecule has 1 aromatic rings. The maximum absolute atomic E-state index is 11.3. The van der Waals surface area contributed by atoms with E-state index in [1.807, 2.05) is 0 Å². The molecule has 0 aliphatic rings. The Morgan fingerprint density at radius 3 is 2.87 bits per heavy atom. The first kappa shape index (κ1) is 11.6. The highest BCUT2D eigenvalue weighted by Crippen LogP contribution is 2.02. The molecule has 6 heteroatoms. The lowest BCUT2D eigenvalue weighted by atomic mass is 10.4. The minimum Gasteiger partial charge on any atom is -0.464 e. The summed E-state index contributed by atoms with van der Waals surface area (Å²) in [5, 5.41) is 3.82. The third kappa shape index (κ3) is 3.02. The van der Waals surface area contributed by atoms with Crippen molar-refractivity contribution in [3.05, 3.63) is 39.2 Å². The molecule has 80 valence electrons. The van der Waals surface area contributed by atoms with E-state index in [0.29, 0.717) is 4.48 Å². The monoisotopic (exact) mass is 272 g/mol. The summed E-state index contributed by atoms with van der Waals surface area (Å²) >= 11 is 3.11. The van der Waals surface area contributed by atoms with Gasteiger partial charge in [0.2, 0.25) is 0 Å². The van der Waals surface area contributed by atoms with Crippen molar-refractivity contribution >= 4 is 21.9 Å². The van der Waals surface area contributed by atoms with E-state index in [9.17, 15) is 9.59 Å². The Bertz CT molecular complexity index is 453. The highest BCUT2D eigenvalue weighted by atomic mass is 79.9. The van der Waals surface area contributed by atoms with Gasteiger partial charge in [-0.05, 0) is 6.07 Å². The van der Waals surface area contributed by atoms with E-state index in [2.05, 4.69) is 32.3 Å². The first-order chi connectivity index (χ1) is 7.04. The van der Waals surface area contributed by atoms with Crippen LogP contribution in [0.15, 0.2) is 28.0 Å². The van der Waals surface area contributed by atoms with Crippen molar-refractivity contribution in [2.24, 2.45) is 0 Å². The molecule has 0 spiro atoms. The molecule has 1 aromatic heterocycles. The molecule has 0 radical (unpaired) electrons. The number of methoxy groups -OCH3 is 1. The quantitative estimate of drug-likeness (QED) is 0.769. The Balaban J connectivity index is 3.10. The summed E-state index contributed by atoms with van der Waals surface area (Å²) < 4.78 is 6.21. The van der Waals surface area contributed by atoms with Gasteiger partial charge in [0.05, 0.1) is 13.7 Å². The summed E-state index contributed by atoms with van der Waals surface area (Å²) in [6.07, 6.45) is 0. The van der Waals surface area contributed by atoms with E-state index in [0.717, 1.165) is 4.68 Å². The van der Waals surface area contributed by atoms with Crippen molar-refractivity contribution in [1.29, 1.82) is 0 Å². The number of esters is 1. The average Bonchev–Trinajstić information content (AvgIpc) is 2.19. The van der Waals surface area contributed by atoms with Gasteiger partial charge in [-0.25, -0.2) is 9.48 Å². The predicted molar refractivity (Wildman–Crippen MR) is 57.9 cm³/mol. The maximum Gasteiger partial charge on any atom is 0.358 e. The van der Waals surface area contributed by atoms with Crippen molar-refractivity contribution in [3.63, 3.8) is 0 Å². The number of rotatable bonds is 3. The molecule has 0 N–H and O–H groups in total. The third-order valence-electron chi connectivity index (χ3n) is 1.58. The largest absolute Gasteiger partial charge is 0.464 e. The Morgan fingerprint density at radius 1 is 1.67 bits per heavy atom. The Morgan fingerprint density at radius 2 is 2.33 bits per heavy atom. The summed E-state index contributed by atoms with van der Waals surface area (Å²) in [6, 6.07) is 2.58. The van der Waals surface area contributed by atoms with Crippen LogP contribution in [-0.4, -0.2) is 22.9 Å². The average molecular weight is 273 g/mol. The van der Waals surface area contributed by atoms with Crippen molar-refractivity contribution in [1.82, 2.24) is 9.78 Å².